The number of nitrogens with zero attached hydrogens (tertiary/aromatic N) is 2. The van der Waals surface area contributed by atoms with Gasteiger partial charge in [0.1, 0.15) is 13.1 Å². The molecule has 0 spiro atoms. The van der Waals surface area contributed by atoms with E-state index in [-0.39, 0.29) is 10.6 Å². The quantitative estimate of drug-likeness (QED) is 0.269. The summed E-state index contributed by atoms with van der Waals surface area (Å²) >= 11 is 5.17. The fraction of sp³-hybridized carbons (Fsp3) is 0.500. The van der Waals surface area contributed by atoms with Crippen LogP contribution >= 0.6 is 12.2 Å². The van der Waals surface area contributed by atoms with E-state index >= 15 is 0 Å². The van der Waals surface area contributed by atoms with E-state index in [1.807, 2.05) is 6.92 Å². The van der Waals surface area contributed by atoms with E-state index in [0.29, 0.717) is 22.7 Å². The average molecular weight is 366 g/mol. The summed E-state index contributed by atoms with van der Waals surface area (Å²) in [6.45, 7) is 7.28. The van der Waals surface area contributed by atoms with E-state index in [2.05, 4.69) is 15.8 Å². The molecule has 1 aliphatic rings. The maximum atomic E-state index is 11.1. The summed E-state index contributed by atoms with van der Waals surface area (Å²) in [5.74, 6) is 0. The van der Waals surface area contributed by atoms with Crippen LogP contribution in [0.4, 0.5) is 5.69 Å². The minimum atomic E-state index is -0.371. The number of nitrogens with one attached hydrogen (secondary N) is 3. The van der Waals surface area contributed by atoms with E-state index in [0.717, 1.165) is 39.4 Å². The molecule has 9 heteroatoms. The first kappa shape index (κ1) is 19.2. The lowest BCUT2D eigenvalue weighted by molar-refractivity contribution is -0.906. The highest BCUT2D eigenvalue weighted by molar-refractivity contribution is 7.80. The number of hydrogen-bond acceptors (Lipinski definition) is 5. The molecule has 0 unspecified atom stereocenters. The van der Waals surface area contributed by atoms with Gasteiger partial charge in [0.2, 0.25) is 0 Å². The van der Waals surface area contributed by atoms with E-state index in [1.54, 1.807) is 12.1 Å². The molecule has 0 saturated carbocycles. The third kappa shape index (κ3) is 6.37. The summed E-state index contributed by atoms with van der Waals surface area (Å²) in [6.07, 6.45) is 2.14. The molecule has 25 heavy (non-hydrogen) atoms. The van der Waals surface area contributed by atoms with Crippen LogP contribution in [0.1, 0.15) is 18.1 Å². The largest absolute Gasteiger partial charge is 0.370 e. The Morgan fingerprint density at radius 3 is 2.92 bits per heavy atom. The van der Waals surface area contributed by atoms with Crippen molar-refractivity contribution < 1.29 is 14.6 Å². The lowest BCUT2D eigenvalue weighted by atomic mass is 10.1. The van der Waals surface area contributed by atoms with Gasteiger partial charge < -0.3 is 15.0 Å². The zero-order valence-corrected chi connectivity index (χ0v) is 15.1. The number of nitro groups is 1. The predicted octanol–water partition coefficient (Wildman–Crippen LogP) is -0.130. The van der Waals surface area contributed by atoms with Gasteiger partial charge in [0.05, 0.1) is 37.4 Å². The molecule has 136 valence electrons. The van der Waals surface area contributed by atoms with Crippen molar-refractivity contribution in [2.45, 2.75) is 13.3 Å². The monoisotopic (exact) mass is 366 g/mol. The standard InChI is InChI=1S/C16H23N5O3S/c1-2-14-4-3-13(11-15(14)21(22)23)12-18-19-16(25)17-5-6-20-7-9-24-10-8-20/h3-4,11-12H,2,5-10H2,1H3,(H2,17,19,25)/p+1/b18-12-. The number of morpholine rings is 1. The molecular weight excluding hydrogens is 342 g/mol. The fourth-order valence-electron chi connectivity index (χ4n) is 2.60. The molecule has 0 aromatic heterocycles. The number of benzene rings is 1. The summed E-state index contributed by atoms with van der Waals surface area (Å²) in [7, 11) is 0. The molecular formula is C16H24N5O3S+. The SMILES string of the molecule is CCc1ccc(/C=N\NC(=S)NCC[NH+]2CCOCC2)cc1[N+](=O)[O-]. The Kier molecular flexibility index (Phi) is 7.71. The van der Waals surface area contributed by atoms with Gasteiger partial charge in [-0.3, -0.25) is 15.5 Å². The van der Waals surface area contributed by atoms with Crippen LogP contribution in [-0.4, -0.2) is 55.6 Å². The smallest absolute Gasteiger partial charge is 0.273 e. The first-order valence-electron chi connectivity index (χ1n) is 8.35. The van der Waals surface area contributed by atoms with Gasteiger partial charge in [0, 0.05) is 17.2 Å². The Labute approximate surface area is 152 Å². The number of ether oxygens (including phenoxy) is 1. The fourth-order valence-corrected chi connectivity index (χ4v) is 2.75. The van der Waals surface area contributed by atoms with E-state index in [4.69, 9.17) is 17.0 Å². The Hall–Kier alpha value is -2.10. The normalized spacial score (nSPS) is 15.2. The molecule has 2 rings (SSSR count). The number of nitro benzene ring substituents is 1. The molecule has 0 atom stereocenters. The molecule has 0 aliphatic carbocycles. The van der Waals surface area contributed by atoms with Gasteiger partial charge in [-0.25, -0.2) is 0 Å². The van der Waals surface area contributed by atoms with Crippen molar-refractivity contribution in [3.05, 3.63) is 39.4 Å². The van der Waals surface area contributed by atoms with Crippen molar-refractivity contribution in [2.75, 3.05) is 39.4 Å². The molecule has 1 aliphatic heterocycles. The maximum absolute atomic E-state index is 11.1. The van der Waals surface area contributed by atoms with E-state index < -0.39 is 0 Å². The first-order valence-corrected chi connectivity index (χ1v) is 8.76. The summed E-state index contributed by atoms with van der Waals surface area (Å²) in [6, 6.07) is 5.07. The second kappa shape index (κ2) is 10.0. The predicted molar refractivity (Wildman–Crippen MR) is 100 cm³/mol. The van der Waals surface area contributed by atoms with Gasteiger partial charge in [0.15, 0.2) is 5.11 Å². The Bertz CT molecular complexity index is 632. The third-order valence-electron chi connectivity index (χ3n) is 4.03. The van der Waals surface area contributed by atoms with Crippen LogP contribution < -0.4 is 15.6 Å². The maximum Gasteiger partial charge on any atom is 0.273 e. The van der Waals surface area contributed by atoms with Crippen LogP contribution in [0, 0.1) is 10.1 Å². The van der Waals surface area contributed by atoms with Crippen molar-refractivity contribution in [3.63, 3.8) is 0 Å². The first-order chi connectivity index (χ1) is 12.1. The van der Waals surface area contributed by atoms with Crippen LogP contribution in [0.2, 0.25) is 0 Å². The van der Waals surface area contributed by atoms with Crippen molar-refractivity contribution in [1.82, 2.24) is 10.7 Å². The molecule has 8 nitrogen and oxygen atoms in total. The molecule has 0 amide bonds. The van der Waals surface area contributed by atoms with Gasteiger partial charge in [-0.1, -0.05) is 19.1 Å². The molecule has 1 aromatic rings. The highest BCUT2D eigenvalue weighted by Gasteiger charge is 2.13. The minimum absolute atomic E-state index is 0.112. The number of quaternary nitrogens is 1. The minimum Gasteiger partial charge on any atom is -0.370 e. The molecule has 1 saturated heterocycles. The van der Waals surface area contributed by atoms with Gasteiger partial charge in [-0.05, 0) is 18.6 Å². The van der Waals surface area contributed by atoms with Crippen molar-refractivity contribution in [2.24, 2.45) is 5.10 Å². The Morgan fingerprint density at radius 2 is 2.24 bits per heavy atom. The Balaban J connectivity index is 1.76. The number of hydrogen-bond donors (Lipinski definition) is 3. The van der Waals surface area contributed by atoms with Gasteiger partial charge in [-0.2, -0.15) is 5.10 Å². The lowest BCUT2D eigenvalue weighted by Crippen LogP contribution is -3.14. The number of hydrazone groups is 1. The van der Waals surface area contributed by atoms with E-state index in [1.165, 1.54) is 17.2 Å². The van der Waals surface area contributed by atoms with Gasteiger partial charge >= 0.3 is 0 Å². The van der Waals surface area contributed by atoms with Crippen LogP contribution in [0.25, 0.3) is 0 Å². The highest BCUT2D eigenvalue weighted by atomic mass is 32.1. The molecule has 1 fully saturated rings. The van der Waals surface area contributed by atoms with Crippen LogP contribution in [-0.2, 0) is 11.2 Å². The van der Waals surface area contributed by atoms with Crippen molar-refractivity contribution in [3.8, 4) is 0 Å². The van der Waals surface area contributed by atoms with Crippen molar-refractivity contribution >= 4 is 29.2 Å². The summed E-state index contributed by atoms with van der Waals surface area (Å²) < 4.78 is 5.32. The summed E-state index contributed by atoms with van der Waals surface area (Å²) in [5, 5.41) is 18.6. The van der Waals surface area contributed by atoms with Crippen molar-refractivity contribution in [1.29, 1.82) is 0 Å². The van der Waals surface area contributed by atoms with Crippen LogP contribution in [0.5, 0.6) is 0 Å². The number of thiocarbonyl (C=S) groups is 1. The average Bonchev–Trinajstić information content (AvgIpc) is 2.62. The molecule has 1 heterocycles. The highest BCUT2D eigenvalue weighted by Crippen LogP contribution is 2.19. The third-order valence-corrected chi connectivity index (χ3v) is 4.27. The molecule has 1 aromatic carbocycles. The second-order valence-electron chi connectivity index (χ2n) is 5.74. The van der Waals surface area contributed by atoms with Gasteiger partial charge in [0.25, 0.3) is 5.69 Å². The van der Waals surface area contributed by atoms with Crippen LogP contribution in [0.15, 0.2) is 23.3 Å². The molecule has 3 N–H and O–H groups in total. The van der Waals surface area contributed by atoms with E-state index in [9.17, 15) is 10.1 Å². The zero-order chi connectivity index (χ0) is 18.1. The summed E-state index contributed by atoms with van der Waals surface area (Å²) in [4.78, 5) is 12.2. The lowest BCUT2D eigenvalue weighted by Gasteiger charge is -2.23. The number of aryl methyl sites for hydroxylation is 1. The Morgan fingerprint density at radius 1 is 1.48 bits per heavy atom. The molecule has 0 radical (unpaired) electrons. The van der Waals surface area contributed by atoms with Gasteiger partial charge in [-0.15, -0.1) is 0 Å². The zero-order valence-electron chi connectivity index (χ0n) is 14.3. The molecule has 0 bridgehead atoms. The topological polar surface area (TPSA) is 93.2 Å². The van der Waals surface area contributed by atoms with Crippen LogP contribution in [0.3, 0.4) is 0 Å². The second-order valence-corrected chi connectivity index (χ2v) is 6.15. The summed E-state index contributed by atoms with van der Waals surface area (Å²) in [5.41, 5.74) is 4.20. The number of rotatable bonds is 7.